The third-order valence-electron chi connectivity index (χ3n) is 5.40. The Labute approximate surface area is 168 Å². The first-order valence-electron chi connectivity index (χ1n) is 9.71. The van der Waals surface area contributed by atoms with E-state index in [4.69, 9.17) is 4.52 Å². The fourth-order valence-corrected chi connectivity index (χ4v) is 3.49. The Balaban J connectivity index is 1.38. The zero-order chi connectivity index (χ0) is 20.4. The second-order valence-corrected chi connectivity index (χ2v) is 7.29. The van der Waals surface area contributed by atoms with Gasteiger partial charge in [0.2, 0.25) is 11.7 Å². The number of carbonyl (C=O) groups excluding carboxylic acids is 1. The molecule has 2 heterocycles. The summed E-state index contributed by atoms with van der Waals surface area (Å²) in [6, 6.07) is 14.3. The summed E-state index contributed by atoms with van der Waals surface area (Å²) in [5.41, 5.74) is 1.84. The molecular formula is C22H23FN4O2. The summed E-state index contributed by atoms with van der Waals surface area (Å²) in [5, 5.41) is 4.09. The monoisotopic (exact) mass is 394 g/mol. The lowest BCUT2D eigenvalue weighted by atomic mass is 10.1. The Morgan fingerprint density at radius 1 is 1.10 bits per heavy atom. The molecule has 1 atom stereocenters. The number of halogens is 1. The second-order valence-electron chi connectivity index (χ2n) is 7.29. The van der Waals surface area contributed by atoms with Crippen LogP contribution in [0, 0.1) is 12.7 Å². The van der Waals surface area contributed by atoms with Gasteiger partial charge in [0.1, 0.15) is 5.82 Å². The minimum atomic E-state index is -0.353. The van der Waals surface area contributed by atoms with Crippen LogP contribution in [0.25, 0.3) is 11.4 Å². The lowest BCUT2D eigenvalue weighted by Gasteiger charge is -2.36. The highest BCUT2D eigenvalue weighted by Gasteiger charge is 2.28. The van der Waals surface area contributed by atoms with Crippen LogP contribution in [0.2, 0.25) is 0 Å². The molecule has 2 aromatic carbocycles. The third kappa shape index (κ3) is 4.05. The number of carbonyl (C=O) groups is 1. The molecule has 1 saturated heterocycles. The predicted molar refractivity (Wildman–Crippen MR) is 107 cm³/mol. The van der Waals surface area contributed by atoms with E-state index < -0.39 is 0 Å². The van der Waals surface area contributed by atoms with Crippen molar-refractivity contribution in [1.82, 2.24) is 19.9 Å². The fourth-order valence-electron chi connectivity index (χ4n) is 3.49. The summed E-state index contributed by atoms with van der Waals surface area (Å²) in [7, 11) is 0. The van der Waals surface area contributed by atoms with Crippen LogP contribution in [0.5, 0.6) is 0 Å². The second kappa shape index (κ2) is 8.13. The molecule has 0 saturated carbocycles. The highest BCUT2D eigenvalue weighted by atomic mass is 19.1. The Morgan fingerprint density at radius 3 is 2.52 bits per heavy atom. The molecule has 0 bridgehead atoms. The van der Waals surface area contributed by atoms with Crippen molar-refractivity contribution >= 4 is 5.91 Å². The van der Waals surface area contributed by atoms with E-state index >= 15 is 0 Å². The number of aromatic nitrogens is 2. The predicted octanol–water partition coefficient (Wildman–Crippen LogP) is 3.70. The van der Waals surface area contributed by atoms with Crippen LogP contribution in [-0.4, -0.2) is 52.0 Å². The van der Waals surface area contributed by atoms with E-state index in [0.29, 0.717) is 49.0 Å². The average molecular weight is 394 g/mol. The van der Waals surface area contributed by atoms with Crippen LogP contribution in [0.1, 0.15) is 34.8 Å². The largest absolute Gasteiger partial charge is 0.337 e. The number of hydrogen-bond acceptors (Lipinski definition) is 5. The molecule has 4 rings (SSSR count). The summed E-state index contributed by atoms with van der Waals surface area (Å²) in [6.07, 6.45) is 0. The SMILES string of the molecule is Cc1ccc(C(=O)N2CCN(C(C)c3nc(-c4ccccc4)no3)CC2)cc1F. The summed E-state index contributed by atoms with van der Waals surface area (Å²) in [5.74, 6) is 0.640. The van der Waals surface area contributed by atoms with E-state index in [9.17, 15) is 9.18 Å². The van der Waals surface area contributed by atoms with Crippen LogP contribution in [0.3, 0.4) is 0 Å². The van der Waals surface area contributed by atoms with E-state index in [2.05, 4.69) is 15.0 Å². The van der Waals surface area contributed by atoms with Crippen LogP contribution < -0.4 is 0 Å². The molecule has 0 aliphatic carbocycles. The van der Waals surface area contributed by atoms with Gasteiger partial charge in [0, 0.05) is 37.3 Å². The number of rotatable bonds is 4. The van der Waals surface area contributed by atoms with Crippen LogP contribution in [0.15, 0.2) is 53.1 Å². The van der Waals surface area contributed by atoms with Crippen LogP contribution in [-0.2, 0) is 0 Å². The Hall–Kier alpha value is -3.06. The average Bonchev–Trinajstić information content (AvgIpc) is 3.26. The van der Waals surface area contributed by atoms with Crippen molar-refractivity contribution in [2.75, 3.05) is 26.2 Å². The van der Waals surface area contributed by atoms with E-state index in [0.717, 1.165) is 5.56 Å². The van der Waals surface area contributed by atoms with Gasteiger partial charge in [-0.1, -0.05) is 41.6 Å². The first-order chi connectivity index (χ1) is 14.0. The maximum atomic E-state index is 13.8. The molecule has 1 unspecified atom stereocenters. The molecule has 150 valence electrons. The highest BCUT2D eigenvalue weighted by Crippen LogP contribution is 2.24. The maximum Gasteiger partial charge on any atom is 0.254 e. The summed E-state index contributed by atoms with van der Waals surface area (Å²) in [6.45, 7) is 6.21. The molecule has 1 aromatic heterocycles. The van der Waals surface area contributed by atoms with Gasteiger partial charge in [0.05, 0.1) is 6.04 Å². The van der Waals surface area contributed by atoms with Crippen LogP contribution >= 0.6 is 0 Å². The van der Waals surface area contributed by atoms with Gasteiger partial charge in [-0.2, -0.15) is 4.98 Å². The van der Waals surface area contributed by atoms with Gasteiger partial charge in [-0.3, -0.25) is 9.69 Å². The number of hydrogen-bond donors (Lipinski definition) is 0. The van der Waals surface area contributed by atoms with Gasteiger partial charge in [0.25, 0.3) is 5.91 Å². The van der Waals surface area contributed by atoms with Crippen molar-refractivity contribution in [2.45, 2.75) is 19.9 Å². The Bertz CT molecular complexity index is 997. The van der Waals surface area contributed by atoms with E-state index in [1.165, 1.54) is 6.07 Å². The van der Waals surface area contributed by atoms with Crippen LogP contribution in [0.4, 0.5) is 4.39 Å². The van der Waals surface area contributed by atoms with E-state index in [1.54, 1.807) is 24.0 Å². The van der Waals surface area contributed by atoms with Crippen molar-refractivity contribution in [3.05, 3.63) is 71.4 Å². The molecule has 1 aliphatic rings. The molecule has 6 nitrogen and oxygen atoms in total. The topological polar surface area (TPSA) is 62.5 Å². The summed E-state index contributed by atoms with van der Waals surface area (Å²) < 4.78 is 19.3. The molecule has 1 fully saturated rings. The smallest absolute Gasteiger partial charge is 0.254 e. The molecule has 0 radical (unpaired) electrons. The Kier molecular flexibility index (Phi) is 5.40. The zero-order valence-electron chi connectivity index (χ0n) is 16.5. The molecular weight excluding hydrogens is 371 g/mol. The van der Waals surface area contributed by atoms with Gasteiger partial charge in [-0.15, -0.1) is 0 Å². The first kappa shape index (κ1) is 19.3. The van der Waals surface area contributed by atoms with Gasteiger partial charge >= 0.3 is 0 Å². The van der Waals surface area contributed by atoms with Gasteiger partial charge in [0.15, 0.2) is 0 Å². The number of piperazine rings is 1. The minimum absolute atomic E-state index is 0.0472. The third-order valence-corrected chi connectivity index (χ3v) is 5.40. The quantitative estimate of drug-likeness (QED) is 0.675. The number of nitrogens with zero attached hydrogens (tertiary/aromatic N) is 4. The Morgan fingerprint density at radius 2 is 1.83 bits per heavy atom. The normalized spacial score (nSPS) is 16.0. The molecule has 1 aliphatic heterocycles. The molecule has 3 aromatic rings. The van der Waals surface area contributed by atoms with Gasteiger partial charge in [-0.25, -0.2) is 4.39 Å². The first-order valence-corrected chi connectivity index (χ1v) is 9.71. The molecule has 29 heavy (non-hydrogen) atoms. The molecule has 7 heteroatoms. The summed E-state index contributed by atoms with van der Waals surface area (Å²) >= 11 is 0. The number of aryl methyl sites for hydroxylation is 1. The van der Waals surface area contributed by atoms with E-state index in [-0.39, 0.29) is 17.8 Å². The molecule has 0 spiro atoms. The molecule has 0 N–H and O–H groups in total. The number of amides is 1. The van der Waals surface area contributed by atoms with Gasteiger partial charge in [-0.05, 0) is 31.5 Å². The number of benzene rings is 2. The summed E-state index contributed by atoms with van der Waals surface area (Å²) in [4.78, 5) is 21.2. The maximum absolute atomic E-state index is 13.8. The lowest BCUT2D eigenvalue weighted by Crippen LogP contribution is -2.49. The highest BCUT2D eigenvalue weighted by molar-refractivity contribution is 5.94. The zero-order valence-corrected chi connectivity index (χ0v) is 16.5. The van der Waals surface area contributed by atoms with Crippen molar-refractivity contribution in [1.29, 1.82) is 0 Å². The van der Waals surface area contributed by atoms with Crippen molar-refractivity contribution in [2.24, 2.45) is 0 Å². The lowest BCUT2D eigenvalue weighted by molar-refractivity contribution is 0.0551. The van der Waals surface area contributed by atoms with Crippen molar-refractivity contribution in [3.8, 4) is 11.4 Å². The van der Waals surface area contributed by atoms with Crippen molar-refractivity contribution < 1.29 is 13.7 Å². The van der Waals surface area contributed by atoms with E-state index in [1.807, 2.05) is 37.3 Å². The molecule has 1 amide bonds. The van der Waals surface area contributed by atoms with Crippen molar-refractivity contribution in [3.63, 3.8) is 0 Å². The van der Waals surface area contributed by atoms with Gasteiger partial charge < -0.3 is 9.42 Å². The standard InChI is InChI=1S/C22H23FN4O2/c1-15-8-9-18(14-19(15)23)22(28)27-12-10-26(11-13-27)16(2)21-24-20(25-29-21)17-6-4-3-5-7-17/h3-9,14,16H,10-13H2,1-2H3. The fraction of sp³-hybridized carbons (Fsp3) is 0.318. The minimum Gasteiger partial charge on any atom is -0.337 e.